The van der Waals surface area contributed by atoms with E-state index < -0.39 is 18.1 Å². The van der Waals surface area contributed by atoms with E-state index in [1.807, 2.05) is 60.7 Å². The van der Waals surface area contributed by atoms with Crippen LogP contribution >= 0.6 is 0 Å². The summed E-state index contributed by atoms with van der Waals surface area (Å²) in [6.07, 6.45) is 3.77. The number of rotatable bonds is 15. The monoisotopic (exact) mass is 454 g/mol. The van der Waals surface area contributed by atoms with Gasteiger partial charge in [0.2, 0.25) is 11.8 Å². The molecule has 2 rings (SSSR count). The van der Waals surface area contributed by atoms with E-state index in [2.05, 4.69) is 10.6 Å². The largest absolute Gasteiger partial charge is 0.382 e. The molecule has 0 radical (unpaired) electrons. The first-order chi connectivity index (χ1) is 16.0. The Morgan fingerprint density at radius 1 is 0.758 bits per heavy atom. The first-order valence-corrected chi connectivity index (χ1v) is 11.8. The highest BCUT2D eigenvalue weighted by Gasteiger charge is 2.22. The number of benzene rings is 2. The number of nitrogens with one attached hydrogen (secondary N) is 2. The Morgan fingerprint density at radius 3 is 1.85 bits per heavy atom. The number of hydrogen-bond donors (Lipinski definition) is 5. The standard InChI is InChI=1S/C26H38N4O3/c27-22(17-20-11-5-3-6-12-20)19-24(31)29-15-9-1-2-10-16-30-26(33)25(32)23(28)18-21-13-7-4-8-14-21/h3-8,11-14,22-23,25,32H,1-2,9-10,15-19,27-28H2,(H,29,31)(H,30,33). The van der Waals surface area contributed by atoms with Crippen molar-refractivity contribution in [1.29, 1.82) is 0 Å². The molecule has 0 fully saturated rings. The lowest BCUT2D eigenvalue weighted by Gasteiger charge is -2.18. The molecule has 2 amide bonds. The van der Waals surface area contributed by atoms with Crippen LogP contribution in [0.1, 0.15) is 43.2 Å². The van der Waals surface area contributed by atoms with Gasteiger partial charge in [0.25, 0.3) is 0 Å². The molecule has 2 aromatic carbocycles. The predicted molar refractivity (Wildman–Crippen MR) is 131 cm³/mol. The number of amides is 2. The summed E-state index contributed by atoms with van der Waals surface area (Å²) in [5, 5.41) is 15.8. The molecular weight excluding hydrogens is 416 g/mol. The van der Waals surface area contributed by atoms with E-state index in [1.54, 1.807) is 0 Å². The first-order valence-electron chi connectivity index (χ1n) is 11.8. The van der Waals surface area contributed by atoms with E-state index in [1.165, 1.54) is 0 Å². The lowest BCUT2D eigenvalue weighted by Crippen LogP contribution is -2.47. The maximum atomic E-state index is 12.1. The van der Waals surface area contributed by atoms with Crippen LogP contribution in [0.4, 0.5) is 0 Å². The Bertz CT molecular complexity index is 817. The minimum absolute atomic E-state index is 0.0217. The van der Waals surface area contributed by atoms with Crippen molar-refractivity contribution in [2.75, 3.05) is 13.1 Å². The molecule has 7 N–H and O–H groups in total. The van der Waals surface area contributed by atoms with Gasteiger partial charge in [-0.15, -0.1) is 0 Å². The van der Waals surface area contributed by atoms with Crippen molar-refractivity contribution < 1.29 is 14.7 Å². The van der Waals surface area contributed by atoms with Crippen molar-refractivity contribution in [2.24, 2.45) is 11.5 Å². The minimum Gasteiger partial charge on any atom is -0.382 e. The zero-order valence-electron chi connectivity index (χ0n) is 19.3. The van der Waals surface area contributed by atoms with Gasteiger partial charge in [-0.05, 0) is 36.8 Å². The Hall–Kier alpha value is -2.74. The summed E-state index contributed by atoms with van der Waals surface area (Å²) in [5.41, 5.74) is 14.2. The molecule has 180 valence electrons. The van der Waals surface area contributed by atoms with Crippen LogP contribution in [0, 0.1) is 0 Å². The molecule has 7 nitrogen and oxygen atoms in total. The lowest BCUT2D eigenvalue weighted by molar-refractivity contribution is -0.130. The van der Waals surface area contributed by atoms with Crippen molar-refractivity contribution in [2.45, 2.75) is 63.1 Å². The SMILES string of the molecule is NC(CC(=O)NCCCCCCNC(=O)C(O)C(N)Cc1ccccc1)Cc1ccccc1. The van der Waals surface area contributed by atoms with Gasteiger partial charge in [-0.25, -0.2) is 0 Å². The highest BCUT2D eigenvalue weighted by atomic mass is 16.3. The second-order valence-electron chi connectivity index (χ2n) is 8.51. The molecule has 0 heterocycles. The summed E-state index contributed by atoms with van der Waals surface area (Å²) in [6.45, 7) is 1.12. The van der Waals surface area contributed by atoms with E-state index in [0.29, 0.717) is 32.4 Å². The van der Waals surface area contributed by atoms with Crippen molar-refractivity contribution in [3.05, 3.63) is 71.8 Å². The molecule has 0 saturated carbocycles. The number of carbonyl (C=O) groups excluding carboxylic acids is 2. The van der Waals surface area contributed by atoms with Crippen molar-refractivity contribution in [3.63, 3.8) is 0 Å². The third-order valence-corrected chi connectivity index (χ3v) is 5.50. The number of hydrogen-bond acceptors (Lipinski definition) is 5. The minimum atomic E-state index is -1.23. The quantitative estimate of drug-likeness (QED) is 0.261. The summed E-state index contributed by atoms with van der Waals surface area (Å²) in [6, 6.07) is 18.7. The smallest absolute Gasteiger partial charge is 0.250 e. The van der Waals surface area contributed by atoms with Crippen LogP contribution in [0.3, 0.4) is 0 Å². The van der Waals surface area contributed by atoms with E-state index in [0.717, 1.165) is 36.8 Å². The van der Waals surface area contributed by atoms with Crippen molar-refractivity contribution in [3.8, 4) is 0 Å². The average Bonchev–Trinajstić information content (AvgIpc) is 2.81. The molecule has 0 aliphatic rings. The summed E-state index contributed by atoms with van der Waals surface area (Å²) in [7, 11) is 0. The second kappa shape index (κ2) is 15.2. The maximum absolute atomic E-state index is 12.1. The fourth-order valence-electron chi connectivity index (χ4n) is 3.64. The first kappa shape index (κ1) is 26.5. The zero-order chi connectivity index (χ0) is 23.9. The molecule has 3 atom stereocenters. The molecule has 0 aromatic heterocycles. The normalized spacial score (nSPS) is 13.7. The lowest BCUT2D eigenvalue weighted by atomic mass is 10.0. The summed E-state index contributed by atoms with van der Waals surface area (Å²) in [4.78, 5) is 24.1. The van der Waals surface area contributed by atoms with Crippen molar-refractivity contribution >= 4 is 11.8 Å². The van der Waals surface area contributed by atoms with Gasteiger partial charge in [0.15, 0.2) is 0 Å². The van der Waals surface area contributed by atoms with Crippen LogP contribution in [0.5, 0.6) is 0 Å². The zero-order valence-corrected chi connectivity index (χ0v) is 19.3. The van der Waals surface area contributed by atoms with Crippen LogP contribution in [0.25, 0.3) is 0 Å². The topological polar surface area (TPSA) is 130 Å². The number of carbonyl (C=O) groups is 2. The molecule has 0 aliphatic heterocycles. The fraction of sp³-hybridized carbons (Fsp3) is 0.462. The fourth-order valence-corrected chi connectivity index (χ4v) is 3.64. The van der Waals surface area contributed by atoms with Crippen LogP contribution in [0.15, 0.2) is 60.7 Å². The molecule has 3 unspecified atom stereocenters. The molecule has 0 aliphatic carbocycles. The van der Waals surface area contributed by atoms with E-state index >= 15 is 0 Å². The van der Waals surface area contributed by atoms with Crippen molar-refractivity contribution in [1.82, 2.24) is 10.6 Å². The number of aliphatic hydroxyl groups is 1. The Morgan fingerprint density at radius 2 is 1.27 bits per heavy atom. The molecule has 7 heteroatoms. The second-order valence-corrected chi connectivity index (χ2v) is 8.51. The van der Waals surface area contributed by atoms with Gasteiger partial charge in [-0.1, -0.05) is 73.5 Å². The summed E-state index contributed by atoms with van der Waals surface area (Å²) in [5.74, 6) is -0.455. The van der Waals surface area contributed by atoms with Gasteiger partial charge < -0.3 is 27.2 Å². The van der Waals surface area contributed by atoms with Gasteiger partial charge in [0, 0.05) is 31.6 Å². The number of nitrogens with two attached hydrogens (primary N) is 2. The van der Waals surface area contributed by atoms with Crippen LogP contribution in [0.2, 0.25) is 0 Å². The van der Waals surface area contributed by atoms with Gasteiger partial charge in [0.05, 0.1) is 0 Å². The molecule has 0 bridgehead atoms. The van der Waals surface area contributed by atoms with E-state index in [9.17, 15) is 14.7 Å². The third kappa shape index (κ3) is 11.1. The molecule has 2 aromatic rings. The molecule has 33 heavy (non-hydrogen) atoms. The summed E-state index contributed by atoms with van der Waals surface area (Å²) >= 11 is 0. The average molecular weight is 455 g/mol. The Balaban J connectivity index is 1.47. The van der Waals surface area contributed by atoms with Gasteiger partial charge in [0.1, 0.15) is 6.10 Å². The maximum Gasteiger partial charge on any atom is 0.250 e. The highest BCUT2D eigenvalue weighted by Crippen LogP contribution is 2.06. The Labute approximate surface area is 196 Å². The van der Waals surface area contributed by atoms with Gasteiger partial charge in [-0.2, -0.15) is 0 Å². The van der Waals surface area contributed by atoms with Crippen LogP contribution < -0.4 is 22.1 Å². The van der Waals surface area contributed by atoms with E-state index in [-0.39, 0.29) is 11.9 Å². The highest BCUT2D eigenvalue weighted by molar-refractivity contribution is 5.81. The molecular formula is C26H38N4O3. The van der Waals surface area contributed by atoms with Crippen LogP contribution in [-0.2, 0) is 22.4 Å². The summed E-state index contributed by atoms with van der Waals surface area (Å²) < 4.78 is 0. The number of unbranched alkanes of at least 4 members (excludes halogenated alkanes) is 3. The Kier molecular flexibility index (Phi) is 12.2. The van der Waals surface area contributed by atoms with Crippen LogP contribution in [-0.4, -0.2) is 48.2 Å². The molecule has 0 spiro atoms. The molecule has 0 saturated heterocycles. The van der Waals surface area contributed by atoms with E-state index in [4.69, 9.17) is 11.5 Å². The predicted octanol–water partition coefficient (Wildman–Crippen LogP) is 1.67. The van der Waals surface area contributed by atoms with Gasteiger partial charge >= 0.3 is 0 Å². The van der Waals surface area contributed by atoms with Gasteiger partial charge in [-0.3, -0.25) is 9.59 Å². The third-order valence-electron chi connectivity index (χ3n) is 5.50. The number of aliphatic hydroxyl groups excluding tert-OH is 1.